The van der Waals surface area contributed by atoms with Crippen LogP contribution in [-0.4, -0.2) is 43.3 Å². The van der Waals surface area contributed by atoms with Gasteiger partial charge in [-0.25, -0.2) is 14.2 Å². The predicted molar refractivity (Wildman–Crippen MR) is 282 cm³/mol. The summed E-state index contributed by atoms with van der Waals surface area (Å²) in [7, 11) is -4.32. The molecule has 7 aromatic carbocycles. The summed E-state index contributed by atoms with van der Waals surface area (Å²) in [5, 5.41) is 9.15. The summed E-state index contributed by atoms with van der Waals surface area (Å²) in [5.41, 5.74) is 5.57. The van der Waals surface area contributed by atoms with Crippen LogP contribution in [0.1, 0.15) is 58.2 Å². The van der Waals surface area contributed by atoms with E-state index in [-0.39, 0.29) is 64.1 Å². The smallest absolute Gasteiger partial charge is 0.485 e. The molecule has 0 aliphatic heterocycles. The molecule has 7 aromatic rings. The van der Waals surface area contributed by atoms with Crippen molar-refractivity contribution in [2.24, 2.45) is 0 Å². The van der Waals surface area contributed by atoms with Crippen LogP contribution in [0.5, 0.6) is 11.5 Å². The van der Waals surface area contributed by atoms with Crippen LogP contribution >= 0.6 is 7.82 Å². The summed E-state index contributed by atoms with van der Waals surface area (Å²) >= 11 is 0. The Bertz CT molecular complexity index is 2750. The van der Waals surface area contributed by atoms with E-state index in [2.05, 4.69) is 16.0 Å². The maximum absolute atomic E-state index is 14.6. The van der Waals surface area contributed by atoms with Crippen molar-refractivity contribution in [3.63, 3.8) is 0 Å². The van der Waals surface area contributed by atoms with E-state index >= 15 is 0 Å². The second kappa shape index (κ2) is 29.7. The van der Waals surface area contributed by atoms with E-state index in [1.807, 2.05) is 182 Å². The first-order valence-electron chi connectivity index (χ1n) is 24.6. The largest absolute Gasteiger partial charge is 0.530 e. The van der Waals surface area contributed by atoms with Crippen LogP contribution in [0.15, 0.2) is 200 Å². The number of hydrogen-bond acceptors (Lipinski definition) is 12. The minimum Gasteiger partial charge on any atom is -0.485 e. The maximum Gasteiger partial charge on any atom is 0.530 e. The number of ether oxygens (including phenoxy) is 4. The molecule has 2 amide bonds. The third kappa shape index (κ3) is 19.4. The molecule has 0 aliphatic rings. The van der Waals surface area contributed by atoms with Gasteiger partial charge in [-0.05, 0) is 76.8 Å². The van der Waals surface area contributed by atoms with Gasteiger partial charge in [-0.2, -0.15) is 0 Å². The zero-order valence-corrected chi connectivity index (χ0v) is 42.0. The number of alkyl carbamates (subject to hydrolysis) is 2. The molecule has 0 radical (unpaired) electrons. The van der Waals surface area contributed by atoms with Crippen molar-refractivity contribution in [1.29, 1.82) is 0 Å². The molecule has 7 rings (SSSR count). The molecule has 0 saturated heterocycles. The number of hydrogen-bond donors (Lipinski definition) is 3. The number of unbranched alkanes of at least 4 members (excludes halogenated alkanes) is 1. The van der Waals surface area contributed by atoms with Crippen molar-refractivity contribution < 1.29 is 51.5 Å². The number of rotatable bonds is 29. The topological polar surface area (TPSA) is 169 Å². The Morgan fingerprint density at radius 3 is 1.41 bits per heavy atom. The lowest BCUT2D eigenvalue weighted by Gasteiger charge is -2.24. The molecule has 74 heavy (non-hydrogen) atoms. The van der Waals surface area contributed by atoms with Crippen LogP contribution in [-0.2, 0) is 78.7 Å². The average Bonchev–Trinajstić information content (AvgIpc) is 3.44. The van der Waals surface area contributed by atoms with Crippen LogP contribution in [0.3, 0.4) is 0 Å². The van der Waals surface area contributed by atoms with Gasteiger partial charge >= 0.3 is 26.0 Å². The number of phosphoric acid groups is 1. The third-order valence-electron chi connectivity index (χ3n) is 11.5. The van der Waals surface area contributed by atoms with E-state index in [0.29, 0.717) is 31.4 Å². The Balaban J connectivity index is 1.09. The molecule has 2 atom stereocenters. The minimum absolute atomic E-state index is 0.0333. The first-order valence-corrected chi connectivity index (χ1v) is 26.0. The lowest BCUT2D eigenvalue weighted by atomic mass is 10.0. The number of amides is 2. The van der Waals surface area contributed by atoms with Crippen LogP contribution in [0.4, 0.5) is 9.59 Å². The third-order valence-corrected chi connectivity index (χ3v) is 12.8. The number of carbonyl (C=O) groups excluding carboxylic acids is 3. The molecular weight excluding hydrogens is 958 g/mol. The summed E-state index contributed by atoms with van der Waals surface area (Å²) in [6, 6.07) is 59.9. The highest BCUT2D eigenvalue weighted by molar-refractivity contribution is 7.48. The summed E-state index contributed by atoms with van der Waals surface area (Å²) < 4.78 is 56.0. The molecule has 0 saturated carbocycles. The molecule has 384 valence electrons. The maximum atomic E-state index is 14.6. The summed E-state index contributed by atoms with van der Waals surface area (Å²) in [5.74, 6) is -0.201. The van der Waals surface area contributed by atoms with Gasteiger partial charge in [0, 0.05) is 19.1 Å². The van der Waals surface area contributed by atoms with Crippen LogP contribution in [0, 0.1) is 0 Å². The molecule has 0 unspecified atom stereocenters. The second-order valence-electron chi connectivity index (χ2n) is 17.3. The fraction of sp³-hybridized carbons (Fsp3) is 0.237. The van der Waals surface area contributed by atoms with Gasteiger partial charge < -0.3 is 39.4 Å². The monoisotopic (exact) mass is 1020 g/mol. The summed E-state index contributed by atoms with van der Waals surface area (Å²) in [6.45, 7) is 0.792. The van der Waals surface area contributed by atoms with Gasteiger partial charge in [-0.3, -0.25) is 13.8 Å². The molecule has 0 spiro atoms. The summed E-state index contributed by atoms with van der Waals surface area (Å²) in [4.78, 5) is 39.9. The fourth-order valence-corrected chi connectivity index (χ4v) is 8.68. The van der Waals surface area contributed by atoms with Gasteiger partial charge in [0.25, 0.3) is 0 Å². The minimum atomic E-state index is -4.32. The Labute approximate surface area is 432 Å². The van der Waals surface area contributed by atoms with E-state index in [1.165, 1.54) is 0 Å². The van der Waals surface area contributed by atoms with Crippen LogP contribution < -0.4 is 25.2 Å². The van der Waals surface area contributed by atoms with Crippen molar-refractivity contribution in [3.8, 4) is 11.5 Å². The van der Waals surface area contributed by atoms with E-state index in [4.69, 9.17) is 32.5 Å². The second-order valence-corrected chi connectivity index (χ2v) is 18.9. The van der Waals surface area contributed by atoms with Crippen molar-refractivity contribution in [2.45, 2.75) is 77.4 Å². The molecule has 0 heterocycles. The molecule has 0 bridgehead atoms. The first-order chi connectivity index (χ1) is 36.2. The average molecular weight is 1020 g/mol. The lowest BCUT2D eigenvalue weighted by molar-refractivity contribution is -0.147. The fourth-order valence-electron chi connectivity index (χ4n) is 7.49. The van der Waals surface area contributed by atoms with Crippen molar-refractivity contribution in [3.05, 3.63) is 239 Å². The zero-order valence-electron chi connectivity index (χ0n) is 41.1. The lowest BCUT2D eigenvalue weighted by Crippen LogP contribution is -2.48. The Hall–Kier alpha value is -7.74. The summed E-state index contributed by atoms with van der Waals surface area (Å²) in [6.07, 6.45) is 0.624. The quantitative estimate of drug-likeness (QED) is 0.0176. The van der Waals surface area contributed by atoms with E-state index in [9.17, 15) is 18.9 Å². The normalized spacial score (nSPS) is 11.9. The van der Waals surface area contributed by atoms with Gasteiger partial charge in [0.05, 0.1) is 13.2 Å². The number of phosphoric ester groups is 1. The van der Waals surface area contributed by atoms with Gasteiger partial charge in [-0.1, -0.05) is 188 Å². The van der Waals surface area contributed by atoms with E-state index < -0.39 is 38.1 Å². The van der Waals surface area contributed by atoms with Gasteiger partial charge in [-0.15, -0.1) is 0 Å². The van der Waals surface area contributed by atoms with Gasteiger partial charge in [0.15, 0.2) is 11.5 Å². The zero-order chi connectivity index (χ0) is 51.5. The SMILES string of the molecule is O=C(NCCCC[C@@H](CN[C@@H](Cc1ccc(OP(=O)(OCc2ccccc2)OCc2ccccc2)c(OCc2ccccc2)c1)C(=O)OCc1ccccc1)NC(=O)OCc1ccccc1)OCc1ccccc1. The highest BCUT2D eigenvalue weighted by atomic mass is 31.2. The number of carbonyl (C=O) groups is 3. The standard InChI is InChI=1S/C59H62N3O11P/c63-57(68-41-47-23-9-2-10-24-47)54(61-39-53(62-59(65)70-43-49-27-13-4-14-28-49)33-19-20-36-60-58(64)69-42-48-25-11-3-12-26-48)37-52-34-35-55(56(38-52)67-40-46-21-7-1-8-22-46)73-74(66,71-44-50-29-15-5-16-30-50)72-45-51-31-17-6-18-32-51/h1-18,21-32,34-35,38,53-54,61H,19-20,33,36-37,39-45H2,(H,60,64)(H,62,65)/t53-,54-/m0/s1. The van der Waals surface area contributed by atoms with Gasteiger partial charge in [0.2, 0.25) is 0 Å². The molecule has 3 N–H and O–H groups in total. The molecule has 0 aromatic heterocycles. The Morgan fingerprint density at radius 2 is 0.905 bits per heavy atom. The molecular formula is C59H62N3O11P. The highest BCUT2D eigenvalue weighted by Gasteiger charge is 2.31. The molecule has 0 aliphatic carbocycles. The number of benzene rings is 7. The first kappa shape index (κ1) is 54.0. The predicted octanol–water partition coefficient (Wildman–Crippen LogP) is 11.8. The highest BCUT2D eigenvalue weighted by Crippen LogP contribution is 2.53. The number of nitrogens with one attached hydrogen (secondary N) is 3. The Morgan fingerprint density at radius 1 is 0.459 bits per heavy atom. The molecule has 0 fully saturated rings. The van der Waals surface area contributed by atoms with E-state index in [1.54, 1.807) is 18.2 Å². The molecule has 14 nitrogen and oxygen atoms in total. The van der Waals surface area contributed by atoms with Crippen molar-refractivity contribution in [2.75, 3.05) is 13.1 Å². The van der Waals surface area contributed by atoms with Crippen molar-refractivity contribution in [1.82, 2.24) is 16.0 Å². The number of esters is 1. The van der Waals surface area contributed by atoms with Crippen molar-refractivity contribution >= 4 is 26.0 Å². The van der Waals surface area contributed by atoms with E-state index in [0.717, 1.165) is 33.4 Å². The van der Waals surface area contributed by atoms with Gasteiger partial charge in [0.1, 0.15) is 32.5 Å². The molecule has 15 heteroatoms. The Kier molecular flexibility index (Phi) is 21.7. The van der Waals surface area contributed by atoms with Crippen LogP contribution in [0.2, 0.25) is 0 Å². The van der Waals surface area contributed by atoms with Crippen LogP contribution in [0.25, 0.3) is 0 Å².